The molecule has 304 valence electrons. The lowest BCUT2D eigenvalue weighted by Gasteiger charge is -2.34. The molecule has 1 fully saturated rings. The molecule has 2 amide bonds. The number of phenols is 1. The summed E-state index contributed by atoms with van der Waals surface area (Å²) in [5.74, 6) is -1.20. The normalized spacial score (nSPS) is 19.6. The lowest BCUT2D eigenvalue weighted by molar-refractivity contribution is -0.137. The zero-order chi connectivity index (χ0) is 40.8. The second-order valence-corrected chi connectivity index (χ2v) is 16.6. The average molecular weight is 857 g/mol. The van der Waals surface area contributed by atoms with E-state index >= 15 is 0 Å². The first-order chi connectivity index (χ1) is 27.5. The second-order valence-electron chi connectivity index (χ2n) is 14.7. The summed E-state index contributed by atoms with van der Waals surface area (Å²) in [6.45, 7) is 2.25. The van der Waals surface area contributed by atoms with Crippen molar-refractivity contribution in [3.63, 3.8) is 0 Å². The summed E-state index contributed by atoms with van der Waals surface area (Å²) in [6.07, 6.45) is 25.5. The summed E-state index contributed by atoms with van der Waals surface area (Å²) in [5.41, 5.74) is 1.60. The SMILES string of the molecule is CCCCCCCCCCCCC=CCCC(Cl)CC1CC(=O)N(C2=CC=CC(N=c3nnc(=O)c3=NNc3ccc(O)cc3)(c3c(Cl)cc(Cl)cc3Cl)C2)C1=O. The van der Waals surface area contributed by atoms with Crippen LogP contribution in [0.15, 0.2) is 87.4 Å². The number of benzene rings is 2. The van der Waals surface area contributed by atoms with Gasteiger partial charge in [-0.3, -0.25) is 24.7 Å². The molecule has 57 heavy (non-hydrogen) atoms. The largest absolute Gasteiger partial charge is 0.508 e. The fraction of sp³-hybridized carbons (Fsp3) is 0.465. The quantitative estimate of drug-likeness (QED) is 0.0272. The molecule has 1 aliphatic heterocycles. The molecule has 1 aliphatic carbocycles. The predicted molar refractivity (Wildman–Crippen MR) is 228 cm³/mol. The highest BCUT2D eigenvalue weighted by Crippen LogP contribution is 2.46. The molecular formula is C43H50Cl4N6O4. The molecule has 0 radical (unpaired) electrons. The Labute approximate surface area is 354 Å². The van der Waals surface area contributed by atoms with Crippen molar-refractivity contribution in [2.75, 3.05) is 5.43 Å². The Morgan fingerprint density at radius 1 is 0.930 bits per heavy atom. The maximum atomic E-state index is 13.9. The van der Waals surface area contributed by atoms with Crippen LogP contribution in [0.4, 0.5) is 5.69 Å². The number of carbonyl (C=O) groups is 2. The van der Waals surface area contributed by atoms with E-state index in [1.165, 1.54) is 93.4 Å². The molecular weight excluding hydrogens is 806 g/mol. The Morgan fingerprint density at radius 2 is 1.58 bits per heavy atom. The summed E-state index contributed by atoms with van der Waals surface area (Å²) in [7, 11) is 0. The van der Waals surface area contributed by atoms with E-state index in [-0.39, 0.29) is 61.7 Å². The number of likely N-dealkylation sites (tertiary alicyclic amines) is 1. The number of alkyl halides is 1. The van der Waals surface area contributed by atoms with Crippen LogP contribution in [0, 0.1) is 5.92 Å². The van der Waals surface area contributed by atoms with E-state index in [2.05, 4.69) is 39.8 Å². The fourth-order valence-corrected chi connectivity index (χ4v) is 8.78. The third kappa shape index (κ3) is 12.3. The van der Waals surface area contributed by atoms with Gasteiger partial charge in [-0.2, -0.15) is 5.10 Å². The van der Waals surface area contributed by atoms with Crippen molar-refractivity contribution in [1.82, 2.24) is 15.1 Å². The van der Waals surface area contributed by atoms with Crippen LogP contribution in [-0.2, 0) is 15.1 Å². The fourth-order valence-electron chi connectivity index (χ4n) is 7.30. The van der Waals surface area contributed by atoms with Gasteiger partial charge >= 0.3 is 5.56 Å². The smallest absolute Gasteiger partial charge is 0.319 e. The molecule has 1 aromatic heterocycles. The molecule has 2 N–H and O–H groups in total. The number of hydrogen-bond acceptors (Lipinski definition) is 9. The van der Waals surface area contributed by atoms with Gasteiger partial charge in [-0.1, -0.05) is 124 Å². The molecule has 0 saturated carbocycles. The number of allylic oxidation sites excluding steroid dienone is 4. The first-order valence-electron chi connectivity index (χ1n) is 19.9. The number of halogens is 4. The number of unbranched alkanes of at least 4 members (excludes halogenated alkanes) is 10. The second kappa shape index (κ2) is 21.8. The molecule has 5 rings (SSSR count). The maximum absolute atomic E-state index is 13.9. The minimum absolute atomic E-state index is 0.0319. The van der Waals surface area contributed by atoms with Crippen LogP contribution in [-0.4, -0.2) is 37.4 Å². The number of hydrogen-bond donors (Lipinski definition) is 2. The van der Waals surface area contributed by atoms with Gasteiger partial charge < -0.3 is 5.11 Å². The highest BCUT2D eigenvalue weighted by Gasteiger charge is 2.45. The Kier molecular flexibility index (Phi) is 16.9. The lowest BCUT2D eigenvalue weighted by atomic mass is 9.82. The number of amides is 2. The van der Waals surface area contributed by atoms with E-state index in [0.29, 0.717) is 29.8 Å². The molecule has 2 aromatic carbocycles. The van der Waals surface area contributed by atoms with Gasteiger partial charge in [-0.15, -0.1) is 21.8 Å². The molecule has 3 aromatic rings. The van der Waals surface area contributed by atoms with E-state index in [1.54, 1.807) is 30.4 Å². The molecule has 0 spiro atoms. The lowest BCUT2D eigenvalue weighted by Crippen LogP contribution is -2.40. The number of phenolic OH excluding ortho intramolecular Hbond substituents is 1. The van der Waals surface area contributed by atoms with Gasteiger partial charge in [0.05, 0.1) is 5.69 Å². The molecule has 3 atom stereocenters. The van der Waals surface area contributed by atoms with Crippen LogP contribution in [0.5, 0.6) is 5.75 Å². The Hall–Kier alpha value is -3.83. The third-order valence-corrected chi connectivity index (χ3v) is 11.5. The van der Waals surface area contributed by atoms with Crippen molar-refractivity contribution in [3.05, 3.63) is 114 Å². The topological polar surface area (TPSA) is 137 Å². The van der Waals surface area contributed by atoms with E-state index in [0.717, 1.165) is 12.8 Å². The highest BCUT2D eigenvalue weighted by molar-refractivity contribution is 6.39. The zero-order valence-corrected chi connectivity index (χ0v) is 35.3. The first kappa shape index (κ1) is 44.3. The average Bonchev–Trinajstić information content (AvgIpc) is 3.65. The minimum Gasteiger partial charge on any atom is -0.508 e. The number of rotatable bonds is 21. The van der Waals surface area contributed by atoms with Gasteiger partial charge in [-0.05, 0) is 74.6 Å². The van der Waals surface area contributed by atoms with Gasteiger partial charge in [0.1, 0.15) is 11.3 Å². The standard InChI is InChI=1S/C43H50Cl4N6O4/c1-2-3-4-5-6-7-8-9-10-11-12-13-14-15-17-30(44)24-29-25-37(55)53(42(29)57)33-18-16-23-43(28-33,38-35(46)26-31(45)27-36(38)47)48-40-39(41(56)52-51-40)50-49-32-19-21-34(54)22-20-32/h13-14,16,18-23,26-27,29-30,49,54H,2-12,15,17,24-25,28H2,1H3. The van der Waals surface area contributed by atoms with Gasteiger partial charge in [0.2, 0.25) is 17.3 Å². The number of nitrogens with one attached hydrogen (secondary N) is 1. The Bertz CT molecular complexity index is 2090. The molecule has 2 aliphatic rings. The third-order valence-electron chi connectivity index (χ3n) is 10.3. The molecule has 14 heteroatoms. The van der Waals surface area contributed by atoms with Crippen molar-refractivity contribution in [3.8, 4) is 5.75 Å². The summed E-state index contributed by atoms with van der Waals surface area (Å²) in [4.78, 5) is 46.4. The van der Waals surface area contributed by atoms with Crippen LogP contribution in [0.1, 0.15) is 115 Å². The van der Waals surface area contributed by atoms with E-state index in [4.69, 9.17) is 51.4 Å². The highest BCUT2D eigenvalue weighted by atomic mass is 35.5. The van der Waals surface area contributed by atoms with Gasteiger partial charge in [0, 0.05) is 50.5 Å². The monoisotopic (exact) mass is 854 g/mol. The Morgan fingerprint density at radius 3 is 2.26 bits per heavy atom. The van der Waals surface area contributed by atoms with E-state index in [9.17, 15) is 19.5 Å². The van der Waals surface area contributed by atoms with E-state index < -0.39 is 17.0 Å². The van der Waals surface area contributed by atoms with Crippen LogP contribution in [0.3, 0.4) is 0 Å². The van der Waals surface area contributed by atoms with Crippen molar-refractivity contribution in [2.24, 2.45) is 16.0 Å². The Balaban J connectivity index is 1.24. The van der Waals surface area contributed by atoms with Crippen LogP contribution >= 0.6 is 46.4 Å². The number of imide groups is 1. The predicted octanol–water partition coefficient (Wildman–Crippen LogP) is 9.97. The summed E-state index contributed by atoms with van der Waals surface area (Å²) >= 11 is 26.6. The minimum atomic E-state index is -1.46. The van der Waals surface area contributed by atoms with Gasteiger partial charge in [0.15, 0.2) is 5.36 Å². The van der Waals surface area contributed by atoms with Crippen molar-refractivity contribution < 1.29 is 14.7 Å². The molecule has 10 nitrogen and oxygen atoms in total. The number of carbonyl (C=O) groups excluding carboxylic acids is 2. The van der Waals surface area contributed by atoms with Crippen molar-refractivity contribution in [1.29, 1.82) is 0 Å². The molecule has 3 unspecified atom stereocenters. The summed E-state index contributed by atoms with van der Waals surface area (Å²) in [5, 5.41) is 21.7. The van der Waals surface area contributed by atoms with Crippen LogP contribution in [0.2, 0.25) is 15.1 Å². The summed E-state index contributed by atoms with van der Waals surface area (Å²) in [6, 6.07) is 9.08. The summed E-state index contributed by atoms with van der Waals surface area (Å²) < 4.78 is 0. The number of aromatic nitrogens is 2. The van der Waals surface area contributed by atoms with Crippen LogP contribution in [0.25, 0.3) is 0 Å². The van der Waals surface area contributed by atoms with Gasteiger partial charge in [-0.25, -0.2) is 4.99 Å². The zero-order valence-electron chi connectivity index (χ0n) is 32.2. The first-order valence-corrected chi connectivity index (χ1v) is 21.5. The van der Waals surface area contributed by atoms with Crippen molar-refractivity contribution >= 4 is 63.9 Å². The molecule has 0 bridgehead atoms. The van der Waals surface area contributed by atoms with E-state index in [1.807, 2.05) is 0 Å². The molecule has 2 heterocycles. The van der Waals surface area contributed by atoms with Crippen molar-refractivity contribution in [2.45, 2.75) is 121 Å². The molecule has 1 saturated heterocycles. The number of aromatic hydroxyl groups is 1. The maximum Gasteiger partial charge on any atom is 0.319 e. The number of anilines is 1. The number of nitrogens with zero attached hydrogens (tertiary/aromatic N) is 5. The van der Waals surface area contributed by atoms with Crippen LogP contribution < -0.4 is 21.8 Å². The van der Waals surface area contributed by atoms with Gasteiger partial charge in [0.25, 0.3) is 0 Å².